The molecule has 8 nitrogen and oxygen atoms in total. The summed E-state index contributed by atoms with van der Waals surface area (Å²) in [6, 6.07) is 7.14. The Morgan fingerprint density at radius 3 is 2.41 bits per heavy atom. The van der Waals surface area contributed by atoms with E-state index in [9.17, 15) is 14.4 Å². The van der Waals surface area contributed by atoms with Crippen LogP contribution in [0.25, 0.3) is 0 Å². The number of nitrogens with one attached hydrogen (secondary N) is 1. The minimum atomic E-state index is -0.228. The zero-order chi connectivity index (χ0) is 22.9. The fourth-order valence-electron chi connectivity index (χ4n) is 4.45. The third kappa shape index (κ3) is 7.31. The number of likely N-dealkylation sites (N-methyl/N-ethyl adjacent to an activating group) is 1. The molecule has 2 aliphatic heterocycles. The summed E-state index contributed by atoms with van der Waals surface area (Å²) in [6.45, 7) is 6.05. The van der Waals surface area contributed by atoms with E-state index in [1.165, 1.54) is 19.3 Å². The molecule has 3 rings (SSSR count). The summed E-state index contributed by atoms with van der Waals surface area (Å²) in [5, 5.41) is 2.91. The van der Waals surface area contributed by atoms with Gasteiger partial charge in [0.2, 0.25) is 11.8 Å². The minimum Gasteiger partial charge on any atom is -0.369 e. The van der Waals surface area contributed by atoms with Gasteiger partial charge >= 0.3 is 0 Å². The van der Waals surface area contributed by atoms with Gasteiger partial charge in [0, 0.05) is 50.3 Å². The van der Waals surface area contributed by atoms with E-state index in [0.29, 0.717) is 30.8 Å². The van der Waals surface area contributed by atoms with Gasteiger partial charge in [-0.25, -0.2) is 0 Å². The van der Waals surface area contributed by atoms with E-state index < -0.39 is 0 Å². The largest absolute Gasteiger partial charge is 0.369 e. The third-order valence-corrected chi connectivity index (χ3v) is 6.59. The van der Waals surface area contributed by atoms with Crippen molar-refractivity contribution in [1.82, 2.24) is 14.7 Å². The number of anilines is 1. The van der Waals surface area contributed by atoms with E-state index in [1.807, 2.05) is 7.05 Å². The van der Waals surface area contributed by atoms with Crippen LogP contribution in [0.3, 0.4) is 0 Å². The van der Waals surface area contributed by atoms with Gasteiger partial charge in [-0.3, -0.25) is 14.4 Å². The number of piperidine rings is 2. The number of carbonyl (C=O) groups excluding carboxylic acids is 3. The highest BCUT2D eigenvalue weighted by Gasteiger charge is 2.23. The van der Waals surface area contributed by atoms with Crippen LogP contribution in [-0.2, 0) is 9.59 Å². The molecule has 3 amide bonds. The summed E-state index contributed by atoms with van der Waals surface area (Å²) in [5.41, 5.74) is 6.59. The van der Waals surface area contributed by atoms with Gasteiger partial charge in [0.15, 0.2) is 0 Å². The smallest absolute Gasteiger partial charge is 0.253 e. The van der Waals surface area contributed by atoms with Crippen LogP contribution in [0, 0.1) is 5.92 Å². The maximum absolute atomic E-state index is 12.8. The summed E-state index contributed by atoms with van der Waals surface area (Å²) in [6.07, 6.45) is 5.67. The van der Waals surface area contributed by atoms with Crippen molar-refractivity contribution in [3.63, 3.8) is 0 Å². The lowest BCUT2D eigenvalue weighted by Crippen LogP contribution is -2.39. The number of likely N-dealkylation sites (tertiary alicyclic amines) is 2. The SMILES string of the molecule is CN(CCN1CCCCC1)C(=O)c1cccc(NC(=O)CCN2CCC(C(N)=O)CC2)c1. The predicted octanol–water partition coefficient (Wildman–Crippen LogP) is 1.77. The number of hydrogen-bond acceptors (Lipinski definition) is 5. The second kappa shape index (κ2) is 12.0. The van der Waals surface area contributed by atoms with Crippen LogP contribution in [-0.4, -0.2) is 85.3 Å². The van der Waals surface area contributed by atoms with Crippen LogP contribution in [0.15, 0.2) is 24.3 Å². The lowest BCUT2D eigenvalue weighted by atomic mass is 9.96. The Kier molecular flexibility index (Phi) is 9.05. The number of primary amides is 1. The normalized spacial score (nSPS) is 18.3. The van der Waals surface area contributed by atoms with E-state index in [1.54, 1.807) is 29.2 Å². The van der Waals surface area contributed by atoms with Crippen LogP contribution in [0.4, 0.5) is 5.69 Å². The number of hydrogen-bond donors (Lipinski definition) is 2. The zero-order valence-electron chi connectivity index (χ0n) is 19.2. The van der Waals surface area contributed by atoms with Crippen molar-refractivity contribution < 1.29 is 14.4 Å². The van der Waals surface area contributed by atoms with Gasteiger partial charge in [-0.15, -0.1) is 0 Å². The average molecular weight is 444 g/mol. The lowest BCUT2D eigenvalue weighted by Gasteiger charge is -2.30. The molecule has 2 saturated heterocycles. The van der Waals surface area contributed by atoms with Crippen molar-refractivity contribution >= 4 is 23.4 Å². The van der Waals surface area contributed by atoms with Crippen molar-refractivity contribution in [1.29, 1.82) is 0 Å². The summed E-state index contributed by atoms with van der Waals surface area (Å²) < 4.78 is 0. The Morgan fingerprint density at radius 2 is 1.72 bits per heavy atom. The Bertz CT molecular complexity index is 786. The predicted molar refractivity (Wildman–Crippen MR) is 125 cm³/mol. The fourth-order valence-corrected chi connectivity index (χ4v) is 4.45. The number of benzene rings is 1. The Morgan fingerprint density at radius 1 is 1.03 bits per heavy atom. The minimum absolute atomic E-state index is 0.0320. The molecule has 0 saturated carbocycles. The quantitative estimate of drug-likeness (QED) is 0.606. The van der Waals surface area contributed by atoms with Crippen LogP contribution in [0.1, 0.15) is 48.9 Å². The highest BCUT2D eigenvalue weighted by Crippen LogP contribution is 2.17. The van der Waals surface area contributed by atoms with Gasteiger partial charge in [-0.1, -0.05) is 12.5 Å². The number of nitrogens with zero attached hydrogens (tertiary/aromatic N) is 3. The van der Waals surface area contributed by atoms with Crippen LogP contribution < -0.4 is 11.1 Å². The van der Waals surface area contributed by atoms with Gasteiger partial charge in [0.05, 0.1) is 0 Å². The average Bonchev–Trinajstić information content (AvgIpc) is 2.81. The monoisotopic (exact) mass is 443 g/mol. The maximum Gasteiger partial charge on any atom is 0.253 e. The molecule has 0 spiro atoms. The fraction of sp³-hybridized carbons (Fsp3) is 0.625. The summed E-state index contributed by atoms with van der Waals surface area (Å²) in [7, 11) is 1.83. The molecular weight excluding hydrogens is 406 g/mol. The molecule has 1 aromatic carbocycles. The molecule has 2 heterocycles. The summed E-state index contributed by atoms with van der Waals surface area (Å²) in [5.74, 6) is -0.382. The molecule has 176 valence electrons. The second-order valence-corrected chi connectivity index (χ2v) is 9.03. The van der Waals surface area contributed by atoms with Crippen molar-refractivity contribution in [3.05, 3.63) is 29.8 Å². The summed E-state index contributed by atoms with van der Waals surface area (Å²) >= 11 is 0. The van der Waals surface area contributed by atoms with E-state index >= 15 is 0 Å². The molecule has 3 N–H and O–H groups in total. The number of amides is 3. The van der Waals surface area contributed by atoms with Gasteiger partial charge in [0.1, 0.15) is 0 Å². The van der Waals surface area contributed by atoms with E-state index in [2.05, 4.69) is 15.1 Å². The van der Waals surface area contributed by atoms with Crippen molar-refractivity contribution in [2.45, 2.75) is 38.5 Å². The van der Waals surface area contributed by atoms with E-state index in [-0.39, 0.29) is 23.6 Å². The third-order valence-electron chi connectivity index (χ3n) is 6.59. The molecule has 2 aliphatic rings. The van der Waals surface area contributed by atoms with Gasteiger partial charge < -0.3 is 25.8 Å². The van der Waals surface area contributed by atoms with Crippen LogP contribution in [0.5, 0.6) is 0 Å². The van der Waals surface area contributed by atoms with Gasteiger partial charge in [-0.05, 0) is 70.1 Å². The highest BCUT2D eigenvalue weighted by atomic mass is 16.2. The van der Waals surface area contributed by atoms with Crippen LogP contribution in [0.2, 0.25) is 0 Å². The second-order valence-electron chi connectivity index (χ2n) is 9.03. The van der Waals surface area contributed by atoms with Crippen molar-refractivity contribution in [2.75, 3.05) is 58.2 Å². The molecule has 0 atom stereocenters. The van der Waals surface area contributed by atoms with E-state index in [4.69, 9.17) is 5.73 Å². The first-order chi connectivity index (χ1) is 15.4. The first-order valence-corrected chi connectivity index (χ1v) is 11.8. The Balaban J connectivity index is 1.42. The molecule has 0 aliphatic carbocycles. The van der Waals surface area contributed by atoms with E-state index in [0.717, 1.165) is 45.6 Å². The number of carbonyl (C=O) groups is 3. The molecule has 1 aromatic rings. The maximum atomic E-state index is 12.8. The summed E-state index contributed by atoms with van der Waals surface area (Å²) in [4.78, 5) is 42.9. The standard InChI is InChI=1S/C24H37N5O3/c1-27(16-17-28-11-3-2-4-12-28)24(32)20-6-5-7-21(18-20)26-22(30)10-15-29-13-8-19(9-14-29)23(25)31/h5-7,18-19H,2-4,8-17H2,1H3,(H2,25,31)(H,26,30). The molecule has 0 unspecified atom stereocenters. The molecule has 8 heteroatoms. The molecule has 2 fully saturated rings. The zero-order valence-corrected chi connectivity index (χ0v) is 19.2. The lowest BCUT2D eigenvalue weighted by molar-refractivity contribution is -0.123. The first kappa shape index (κ1) is 24.2. The van der Waals surface area contributed by atoms with Gasteiger partial charge in [0.25, 0.3) is 5.91 Å². The topological polar surface area (TPSA) is 99.0 Å². The van der Waals surface area contributed by atoms with Crippen molar-refractivity contribution in [3.8, 4) is 0 Å². The molecule has 0 bridgehead atoms. The molecule has 0 aromatic heterocycles. The Labute approximate surface area is 191 Å². The first-order valence-electron chi connectivity index (χ1n) is 11.8. The van der Waals surface area contributed by atoms with Gasteiger partial charge in [-0.2, -0.15) is 0 Å². The van der Waals surface area contributed by atoms with Crippen molar-refractivity contribution in [2.24, 2.45) is 11.7 Å². The van der Waals surface area contributed by atoms with Crippen LogP contribution >= 0.6 is 0 Å². The molecule has 32 heavy (non-hydrogen) atoms. The molecular formula is C24H37N5O3. The number of rotatable bonds is 9. The Hall–Kier alpha value is -2.45. The highest BCUT2D eigenvalue weighted by molar-refractivity contribution is 5.97. The number of nitrogens with two attached hydrogens (primary N) is 1. The molecule has 0 radical (unpaired) electrons.